The fourth-order valence-electron chi connectivity index (χ4n) is 2.39. The lowest BCUT2D eigenvalue weighted by Crippen LogP contribution is -2.26. The topological polar surface area (TPSA) is 100 Å². The van der Waals surface area contributed by atoms with Crippen molar-refractivity contribution in [2.45, 2.75) is 6.42 Å². The Kier molecular flexibility index (Phi) is 5.35. The number of aromatic hydroxyl groups is 1. The number of amides is 1. The largest absolute Gasteiger partial charge is 0.507 e. The molecule has 3 rings (SSSR count). The molecular weight excluding hydrogens is 336 g/mol. The number of carbonyl (C=O) groups is 1. The Morgan fingerprint density at radius 3 is 2.76 bits per heavy atom. The number of hydrazone groups is 1. The molecule has 6 nitrogen and oxygen atoms in total. The van der Waals surface area contributed by atoms with Crippen molar-refractivity contribution >= 4 is 28.5 Å². The van der Waals surface area contributed by atoms with Gasteiger partial charge in [-0.1, -0.05) is 42.1 Å². The van der Waals surface area contributed by atoms with Crippen LogP contribution in [0, 0.1) is 0 Å². The van der Waals surface area contributed by atoms with E-state index in [-0.39, 0.29) is 11.3 Å². The molecule has 1 heterocycles. The summed E-state index contributed by atoms with van der Waals surface area (Å²) in [6.45, 7) is 0.690. The molecule has 7 heteroatoms. The van der Waals surface area contributed by atoms with Gasteiger partial charge in [0.05, 0.1) is 11.3 Å². The average Bonchev–Trinajstić information content (AvgIpc) is 2.63. The maximum Gasteiger partial charge on any atom is 0.252 e. The van der Waals surface area contributed by atoms with Gasteiger partial charge in [-0.25, -0.2) is 0 Å². The third-order valence-corrected chi connectivity index (χ3v) is 4.64. The molecule has 0 aliphatic carbocycles. The van der Waals surface area contributed by atoms with E-state index < -0.39 is 5.91 Å². The first-order chi connectivity index (χ1) is 12.1. The number of hydrogen-bond acceptors (Lipinski definition) is 5. The zero-order chi connectivity index (χ0) is 17.6. The Bertz CT molecular complexity index is 834. The van der Waals surface area contributed by atoms with E-state index in [9.17, 15) is 9.90 Å². The van der Waals surface area contributed by atoms with E-state index in [1.54, 1.807) is 23.9 Å². The Morgan fingerprint density at radius 1 is 1.28 bits per heavy atom. The van der Waals surface area contributed by atoms with E-state index in [4.69, 9.17) is 5.73 Å². The van der Waals surface area contributed by atoms with Gasteiger partial charge in [-0.3, -0.25) is 15.2 Å². The SMILES string of the molecule is NC(=O)c1cc(C2=NNC(=NCCc3ccccc3)SC2)ccc1O. The molecule has 0 radical (unpaired) electrons. The number of benzene rings is 2. The number of carbonyl (C=O) groups excluding carboxylic acids is 1. The first kappa shape index (κ1) is 17.0. The van der Waals surface area contributed by atoms with Gasteiger partial charge in [-0.2, -0.15) is 5.10 Å². The maximum absolute atomic E-state index is 11.3. The van der Waals surface area contributed by atoms with Crippen LogP contribution in [-0.2, 0) is 6.42 Å². The molecule has 25 heavy (non-hydrogen) atoms. The van der Waals surface area contributed by atoms with Gasteiger partial charge < -0.3 is 10.8 Å². The summed E-state index contributed by atoms with van der Waals surface area (Å²) in [4.78, 5) is 15.8. The second-order valence-electron chi connectivity index (χ2n) is 5.48. The Labute approximate surface area is 149 Å². The molecule has 0 saturated carbocycles. The summed E-state index contributed by atoms with van der Waals surface area (Å²) >= 11 is 1.55. The van der Waals surface area contributed by atoms with E-state index in [2.05, 4.69) is 27.7 Å². The van der Waals surface area contributed by atoms with Crippen LogP contribution in [0.2, 0.25) is 0 Å². The smallest absolute Gasteiger partial charge is 0.252 e. The number of nitrogens with zero attached hydrogens (tertiary/aromatic N) is 2. The first-order valence-electron chi connectivity index (χ1n) is 7.80. The number of primary amides is 1. The molecule has 2 aromatic carbocycles. The lowest BCUT2D eigenvalue weighted by molar-refractivity contribution is 0.0997. The van der Waals surface area contributed by atoms with Crippen LogP contribution in [0.5, 0.6) is 5.75 Å². The standard InChI is InChI=1S/C18H18N4O2S/c19-17(24)14-10-13(6-7-16(14)23)15-11-25-18(22-21-15)20-9-8-12-4-2-1-3-5-12/h1-7,10,23H,8-9,11H2,(H2,19,24)(H,20,22). The van der Waals surface area contributed by atoms with Crippen LogP contribution in [0.15, 0.2) is 58.6 Å². The highest BCUT2D eigenvalue weighted by atomic mass is 32.2. The van der Waals surface area contributed by atoms with Gasteiger partial charge in [0, 0.05) is 12.3 Å². The van der Waals surface area contributed by atoms with Crippen molar-refractivity contribution in [3.05, 3.63) is 65.2 Å². The predicted octanol–water partition coefficient (Wildman–Crippen LogP) is 2.13. The van der Waals surface area contributed by atoms with Crippen LogP contribution >= 0.6 is 11.8 Å². The Hall–Kier alpha value is -2.80. The fraction of sp³-hybridized carbons (Fsp3) is 0.167. The number of thioether (sulfide) groups is 1. The van der Waals surface area contributed by atoms with Crippen LogP contribution in [-0.4, -0.2) is 34.2 Å². The first-order valence-corrected chi connectivity index (χ1v) is 8.79. The van der Waals surface area contributed by atoms with E-state index >= 15 is 0 Å². The molecule has 0 spiro atoms. The molecule has 1 aliphatic rings. The summed E-state index contributed by atoms with van der Waals surface area (Å²) in [7, 11) is 0. The quantitative estimate of drug-likeness (QED) is 0.766. The van der Waals surface area contributed by atoms with E-state index in [1.165, 1.54) is 11.6 Å². The van der Waals surface area contributed by atoms with Crippen molar-refractivity contribution in [2.75, 3.05) is 12.3 Å². The number of aliphatic imine (C=N–C) groups is 1. The van der Waals surface area contributed by atoms with Gasteiger partial charge >= 0.3 is 0 Å². The second kappa shape index (κ2) is 7.85. The Balaban J connectivity index is 1.63. The number of nitrogens with two attached hydrogens (primary N) is 1. The predicted molar refractivity (Wildman–Crippen MR) is 101 cm³/mol. The maximum atomic E-state index is 11.3. The van der Waals surface area contributed by atoms with Gasteiger partial charge in [0.25, 0.3) is 5.91 Å². The van der Waals surface area contributed by atoms with Gasteiger partial charge in [-0.05, 0) is 35.7 Å². The minimum absolute atomic E-state index is 0.0903. The number of nitrogens with one attached hydrogen (secondary N) is 1. The molecule has 0 unspecified atom stereocenters. The van der Waals surface area contributed by atoms with Crippen LogP contribution in [0.3, 0.4) is 0 Å². The highest BCUT2D eigenvalue weighted by Crippen LogP contribution is 2.21. The summed E-state index contributed by atoms with van der Waals surface area (Å²) in [5, 5.41) is 14.7. The van der Waals surface area contributed by atoms with Gasteiger partial charge in [0.2, 0.25) is 0 Å². The van der Waals surface area contributed by atoms with E-state index in [0.717, 1.165) is 22.9 Å². The molecule has 4 N–H and O–H groups in total. The van der Waals surface area contributed by atoms with E-state index in [0.29, 0.717) is 12.3 Å². The third-order valence-electron chi connectivity index (χ3n) is 3.73. The second-order valence-corrected chi connectivity index (χ2v) is 6.44. The summed E-state index contributed by atoms with van der Waals surface area (Å²) < 4.78 is 0. The molecule has 1 amide bonds. The monoisotopic (exact) mass is 354 g/mol. The van der Waals surface area contributed by atoms with Crippen molar-refractivity contribution in [3.8, 4) is 5.75 Å². The summed E-state index contributed by atoms with van der Waals surface area (Å²) in [5.41, 5.74) is 11.1. The van der Waals surface area contributed by atoms with E-state index in [1.807, 2.05) is 18.2 Å². The molecule has 128 valence electrons. The van der Waals surface area contributed by atoms with Gasteiger partial charge in [0.15, 0.2) is 5.17 Å². The highest BCUT2D eigenvalue weighted by Gasteiger charge is 2.16. The summed E-state index contributed by atoms with van der Waals surface area (Å²) in [6.07, 6.45) is 0.878. The lowest BCUT2D eigenvalue weighted by atomic mass is 10.1. The normalized spacial score (nSPS) is 15.5. The number of hydrogen-bond donors (Lipinski definition) is 3. The third kappa shape index (κ3) is 4.39. The molecule has 1 aliphatic heterocycles. The zero-order valence-corrected chi connectivity index (χ0v) is 14.3. The van der Waals surface area contributed by atoms with Gasteiger partial charge in [0.1, 0.15) is 5.75 Å². The highest BCUT2D eigenvalue weighted by molar-refractivity contribution is 8.14. The van der Waals surface area contributed by atoms with Crippen molar-refractivity contribution in [1.29, 1.82) is 0 Å². The molecule has 0 fully saturated rings. The number of amidine groups is 1. The molecule has 0 bridgehead atoms. The summed E-state index contributed by atoms with van der Waals surface area (Å²) in [6, 6.07) is 14.9. The average molecular weight is 354 g/mol. The van der Waals surface area contributed by atoms with Crippen molar-refractivity contribution < 1.29 is 9.90 Å². The van der Waals surface area contributed by atoms with Crippen molar-refractivity contribution in [2.24, 2.45) is 15.8 Å². The van der Waals surface area contributed by atoms with Crippen molar-refractivity contribution in [3.63, 3.8) is 0 Å². The van der Waals surface area contributed by atoms with Crippen LogP contribution in [0.25, 0.3) is 0 Å². The van der Waals surface area contributed by atoms with Gasteiger partial charge in [-0.15, -0.1) is 0 Å². The minimum Gasteiger partial charge on any atom is -0.507 e. The summed E-state index contributed by atoms with van der Waals surface area (Å²) in [5.74, 6) is -0.170. The van der Waals surface area contributed by atoms with Crippen LogP contribution < -0.4 is 11.2 Å². The zero-order valence-electron chi connectivity index (χ0n) is 13.5. The molecule has 0 aromatic heterocycles. The van der Waals surface area contributed by atoms with Crippen molar-refractivity contribution in [1.82, 2.24) is 5.43 Å². The Morgan fingerprint density at radius 2 is 2.08 bits per heavy atom. The number of rotatable bonds is 5. The molecule has 2 aromatic rings. The molecular formula is C18H18N4O2S. The lowest BCUT2D eigenvalue weighted by Gasteiger charge is -2.15. The number of phenols is 1. The molecule has 0 atom stereocenters. The van der Waals surface area contributed by atoms with Crippen LogP contribution in [0.4, 0.5) is 0 Å². The minimum atomic E-state index is -0.667. The fourth-order valence-corrected chi connectivity index (χ4v) is 3.19. The van der Waals surface area contributed by atoms with Crippen LogP contribution in [0.1, 0.15) is 21.5 Å². The molecule has 0 saturated heterocycles.